The minimum atomic E-state index is -0.315. The van der Waals surface area contributed by atoms with Crippen LogP contribution in [-0.4, -0.2) is 41.1 Å². The van der Waals surface area contributed by atoms with E-state index >= 15 is 0 Å². The van der Waals surface area contributed by atoms with Gasteiger partial charge in [-0.05, 0) is 35.9 Å². The molecule has 0 saturated carbocycles. The lowest BCUT2D eigenvalue weighted by Gasteiger charge is -2.28. The number of hydrogen-bond donors (Lipinski definition) is 2. The van der Waals surface area contributed by atoms with Crippen LogP contribution in [0.3, 0.4) is 0 Å². The number of ether oxygens (including phenoxy) is 2. The molecule has 0 spiro atoms. The van der Waals surface area contributed by atoms with Gasteiger partial charge in [-0.1, -0.05) is 26.0 Å². The highest BCUT2D eigenvalue weighted by atomic mass is 16.6. The van der Waals surface area contributed by atoms with Crippen LogP contribution >= 0.6 is 0 Å². The number of amides is 2. The Morgan fingerprint density at radius 2 is 1.91 bits per heavy atom. The quantitative estimate of drug-likeness (QED) is 0.551. The number of aryl methyl sites for hydroxylation is 1. The third-order valence-corrected chi connectivity index (χ3v) is 5.58. The Bertz CT molecular complexity index is 1130. The number of imidazole rings is 1. The minimum Gasteiger partial charge on any atom is -0.486 e. The van der Waals surface area contributed by atoms with Crippen LogP contribution in [-0.2, 0) is 16.8 Å². The second kappa shape index (κ2) is 9.77. The third-order valence-electron chi connectivity index (χ3n) is 5.58. The zero-order valence-electron chi connectivity index (χ0n) is 18.8. The lowest BCUT2D eigenvalue weighted by Crippen LogP contribution is -2.36. The molecule has 1 aliphatic heterocycles. The first kappa shape index (κ1) is 22.4. The fraction of sp³-hybridized carbons (Fsp3) is 0.320. The SMILES string of the molecule is CC(C)(CNC(=O)c1cccc(NC(=O)CCn2ccnc2)c1)c1ccc2c(c1)OCCO2. The normalized spacial score (nSPS) is 12.8. The lowest BCUT2D eigenvalue weighted by molar-refractivity contribution is -0.116. The summed E-state index contributed by atoms with van der Waals surface area (Å²) in [7, 11) is 0. The zero-order chi connectivity index (χ0) is 23.3. The van der Waals surface area contributed by atoms with Crippen LogP contribution in [0.2, 0.25) is 0 Å². The molecule has 0 aliphatic carbocycles. The van der Waals surface area contributed by atoms with Gasteiger partial charge in [0.05, 0.1) is 6.33 Å². The Balaban J connectivity index is 1.34. The molecule has 0 unspecified atom stereocenters. The molecule has 2 aromatic carbocycles. The highest BCUT2D eigenvalue weighted by Gasteiger charge is 2.24. The van der Waals surface area contributed by atoms with Crippen LogP contribution in [0, 0.1) is 0 Å². The van der Waals surface area contributed by atoms with Crippen LogP contribution in [0.4, 0.5) is 5.69 Å². The summed E-state index contributed by atoms with van der Waals surface area (Å²) >= 11 is 0. The van der Waals surface area contributed by atoms with E-state index in [2.05, 4.69) is 29.5 Å². The van der Waals surface area contributed by atoms with Crippen molar-refractivity contribution in [3.63, 3.8) is 0 Å². The van der Waals surface area contributed by atoms with E-state index < -0.39 is 0 Å². The van der Waals surface area contributed by atoms with Crippen molar-refractivity contribution in [3.05, 3.63) is 72.3 Å². The highest BCUT2D eigenvalue weighted by Crippen LogP contribution is 2.35. The molecule has 2 heterocycles. The monoisotopic (exact) mass is 448 g/mol. The molecule has 2 amide bonds. The second-order valence-corrected chi connectivity index (χ2v) is 8.60. The molecule has 8 heteroatoms. The first-order valence-corrected chi connectivity index (χ1v) is 10.9. The van der Waals surface area contributed by atoms with E-state index in [0.717, 1.165) is 17.1 Å². The Morgan fingerprint density at radius 3 is 2.70 bits per heavy atom. The molecule has 0 radical (unpaired) electrons. The molecular formula is C25H28N4O4. The van der Waals surface area contributed by atoms with E-state index in [1.165, 1.54) is 0 Å². The maximum absolute atomic E-state index is 12.8. The molecule has 2 N–H and O–H groups in total. The van der Waals surface area contributed by atoms with Crippen LogP contribution in [0.5, 0.6) is 11.5 Å². The summed E-state index contributed by atoms with van der Waals surface area (Å²) in [5.74, 6) is 1.15. The van der Waals surface area contributed by atoms with E-state index in [-0.39, 0.29) is 17.2 Å². The Hall–Kier alpha value is -3.81. The Kier molecular flexibility index (Phi) is 6.63. The summed E-state index contributed by atoms with van der Waals surface area (Å²) in [5.41, 5.74) is 1.81. The summed E-state index contributed by atoms with van der Waals surface area (Å²) < 4.78 is 13.1. The fourth-order valence-corrected chi connectivity index (χ4v) is 3.58. The summed E-state index contributed by atoms with van der Waals surface area (Å²) in [5, 5.41) is 5.86. The molecule has 4 rings (SSSR count). The van der Waals surface area contributed by atoms with Crippen LogP contribution < -0.4 is 20.1 Å². The summed E-state index contributed by atoms with van der Waals surface area (Å²) in [6, 6.07) is 12.8. The second-order valence-electron chi connectivity index (χ2n) is 8.60. The van der Waals surface area contributed by atoms with Crippen molar-refractivity contribution in [1.29, 1.82) is 0 Å². The summed E-state index contributed by atoms with van der Waals surface area (Å²) in [6.07, 6.45) is 5.47. The predicted octanol–water partition coefficient (Wildman–Crippen LogP) is 3.39. The minimum absolute atomic E-state index is 0.124. The molecule has 172 valence electrons. The van der Waals surface area contributed by atoms with Gasteiger partial charge in [0.25, 0.3) is 5.91 Å². The van der Waals surface area contributed by atoms with Gasteiger partial charge in [-0.3, -0.25) is 9.59 Å². The zero-order valence-corrected chi connectivity index (χ0v) is 18.8. The van der Waals surface area contributed by atoms with E-state index in [9.17, 15) is 9.59 Å². The van der Waals surface area contributed by atoms with Crippen molar-refractivity contribution in [2.75, 3.05) is 25.1 Å². The molecule has 0 saturated heterocycles. The average Bonchev–Trinajstić information content (AvgIpc) is 3.35. The third kappa shape index (κ3) is 5.71. The van der Waals surface area contributed by atoms with Crippen molar-refractivity contribution < 1.29 is 19.1 Å². The number of carbonyl (C=O) groups excluding carboxylic acids is 2. The number of nitrogens with one attached hydrogen (secondary N) is 2. The van der Waals surface area contributed by atoms with Gasteiger partial charge in [0.1, 0.15) is 13.2 Å². The molecule has 0 atom stereocenters. The van der Waals surface area contributed by atoms with Crippen LogP contribution in [0.25, 0.3) is 0 Å². The molecule has 0 bridgehead atoms. The van der Waals surface area contributed by atoms with Crippen LogP contribution in [0.15, 0.2) is 61.2 Å². The number of benzene rings is 2. The van der Waals surface area contributed by atoms with Gasteiger partial charge in [-0.25, -0.2) is 4.98 Å². The molecule has 3 aromatic rings. The molecule has 1 aromatic heterocycles. The average molecular weight is 449 g/mol. The van der Waals surface area contributed by atoms with Crippen molar-refractivity contribution in [2.45, 2.75) is 32.2 Å². The maximum atomic E-state index is 12.8. The molecule has 8 nitrogen and oxygen atoms in total. The van der Waals surface area contributed by atoms with Crippen molar-refractivity contribution in [1.82, 2.24) is 14.9 Å². The van der Waals surface area contributed by atoms with Gasteiger partial charge in [0, 0.05) is 48.6 Å². The Labute approximate surface area is 192 Å². The summed E-state index contributed by atoms with van der Waals surface area (Å²) in [6.45, 7) is 6.19. The fourth-order valence-electron chi connectivity index (χ4n) is 3.58. The van der Waals surface area contributed by atoms with Gasteiger partial charge in [0.15, 0.2) is 11.5 Å². The van der Waals surface area contributed by atoms with Crippen molar-refractivity contribution in [2.24, 2.45) is 0 Å². The van der Waals surface area contributed by atoms with E-state index in [0.29, 0.717) is 44.0 Å². The molecular weight excluding hydrogens is 420 g/mol. The van der Waals surface area contributed by atoms with Gasteiger partial charge >= 0.3 is 0 Å². The number of nitrogens with zero attached hydrogens (tertiary/aromatic N) is 2. The number of rotatable bonds is 8. The number of carbonyl (C=O) groups is 2. The summed E-state index contributed by atoms with van der Waals surface area (Å²) in [4.78, 5) is 29.0. The van der Waals surface area contributed by atoms with Gasteiger partial charge in [-0.15, -0.1) is 0 Å². The first-order valence-electron chi connectivity index (χ1n) is 10.9. The topological polar surface area (TPSA) is 94.5 Å². The smallest absolute Gasteiger partial charge is 0.251 e. The van der Waals surface area contributed by atoms with Crippen molar-refractivity contribution >= 4 is 17.5 Å². The van der Waals surface area contributed by atoms with Gasteiger partial charge in [0.2, 0.25) is 5.91 Å². The van der Waals surface area contributed by atoms with E-state index in [1.54, 1.807) is 36.8 Å². The molecule has 33 heavy (non-hydrogen) atoms. The standard InChI is InChI=1S/C25H28N4O4/c1-25(2,19-6-7-21-22(15-19)33-13-12-32-21)16-27-24(31)18-4-3-5-20(14-18)28-23(30)8-10-29-11-9-26-17-29/h3-7,9,11,14-15,17H,8,10,12-13,16H2,1-2H3,(H,27,31)(H,28,30). The maximum Gasteiger partial charge on any atom is 0.251 e. The van der Waals surface area contributed by atoms with E-state index in [4.69, 9.17) is 9.47 Å². The number of fused-ring (bicyclic) bond motifs is 1. The predicted molar refractivity (Wildman–Crippen MR) is 125 cm³/mol. The van der Waals surface area contributed by atoms with Crippen LogP contribution in [0.1, 0.15) is 36.2 Å². The van der Waals surface area contributed by atoms with Gasteiger partial charge in [-0.2, -0.15) is 0 Å². The largest absolute Gasteiger partial charge is 0.486 e. The number of aromatic nitrogens is 2. The number of hydrogen-bond acceptors (Lipinski definition) is 5. The number of anilines is 1. The lowest BCUT2D eigenvalue weighted by atomic mass is 9.84. The molecule has 0 fully saturated rings. The Morgan fingerprint density at radius 1 is 1.09 bits per heavy atom. The highest BCUT2D eigenvalue weighted by molar-refractivity contribution is 5.97. The molecule has 1 aliphatic rings. The first-order chi connectivity index (χ1) is 15.9. The van der Waals surface area contributed by atoms with Gasteiger partial charge < -0.3 is 24.7 Å². The van der Waals surface area contributed by atoms with E-state index in [1.807, 2.05) is 29.0 Å². The van der Waals surface area contributed by atoms with Crippen molar-refractivity contribution in [3.8, 4) is 11.5 Å².